The van der Waals surface area contributed by atoms with E-state index in [9.17, 15) is 9.59 Å². The molecule has 0 radical (unpaired) electrons. The van der Waals surface area contributed by atoms with Gasteiger partial charge in [-0.05, 0) is 39.5 Å². The van der Waals surface area contributed by atoms with Gasteiger partial charge in [0.1, 0.15) is 11.6 Å². The van der Waals surface area contributed by atoms with E-state index in [0.29, 0.717) is 0 Å². The summed E-state index contributed by atoms with van der Waals surface area (Å²) in [7, 11) is 0. The van der Waals surface area contributed by atoms with E-state index in [0.717, 1.165) is 19.3 Å². The van der Waals surface area contributed by atoms with Gasteiger partial charge in [-0.3, -0.25) is 4.79 Å². The fourth-order valence-electron chi connectivity index (χ4n) is 1.80. The molecule has 0 saturated heterocycles. The standard InChI is InChI=1S/C14H25NO3/c1-9(2)11(13(17)18-14(3,4)5)15-12(16)10-7-6-8-10/h9-11H,6-8H2,1-5H3,(H,15,16)/t11-/m0/s1. The van der Waals surface area contributed by atoms with Gasteiger partial charge in [0.15, 0.2) is 0 Å². The van der Waals surface area contributed by atoms with Crippen molar-refractivity contribution in [1.82, 2.24) is 5.32 Å². The van der Waals surface area contributed by atoms with Gasteiger partial charge in [-0.1, -0.05) is 20.3 Å². The Kier molecular flexibility index (Phi) is 4.77. The second kappa shape index (κ2) is 5.72. The van der Waals surface area contributed by atoms with Gasteiger partial charge in [0.25, 0.3) is 0 Å². The SMILES string of the molecule is CC(C)[C@H](NC(=O)C1CCC1)C(=O)OC(C)(C)C. The summed E-state index contributed by atoms with van der Waals surface area (Å²) in [5.41, 5.74) is -0.522. The first-order chi connectivity index (χ1) is 8.20. The van der Waals surface area contributed by atoms with Crippen molar-refractivity contribution in [2.24, 2.45) is 11.8 Å². The van der Waals surface area contributed by atoms with E-state index in [1.54, 1.807) is 0 Å². The lowest BCUT2D eigenvalue weighted by atomic mass is 9.84. The van der Waals surface area contributed by atoms with Crippen LogP contribution in [0.25, 0.3) is 0 Å². The predicted octanol–water partition coefficient (Wildman–Crippen LogP) is 2.27. The van der Waals surface area contributed by atoms with Crippen LogP contribution in [-0.4, -0.2) is 23.5 Å². The first-order valence-electron chi connectivity index (χ1n) is 6.74. The number of rotatable bonds is 4. The minimum Gasteiger partial charge on any atom is -0.458 e. The molecule has 0 heterocycles. The van der Waals surface area contributed by atoms with Crippen molar-refractivity contribution in [3.63, 3.8) is 0 Å². The molecule has 4 heteroatoms. The highest BCUT2D eigenvalue weighted by Crippen LogP contribution is 2.26. The molecule has 1 rings (SSSR count). The quantitative estimate of drug-likeness (QED) is 0.784. The lowest BCUT2D eigenvalue weighted by Crippen LogP contribution is -2.49. The predicted molar refractivity (Wildman–Crippen MR) is 70.0 cm³/mol. The number of nitrogens with one attached hydrogen (secondary N) is 1. The molecule has 0 unspecified atom stereocenters. The van der Waals surface area contributed by atoms with Gasteiger partial charge in [0.05, 0.1) is 0 Å². The maximum atomic E-state index is 12.0. The minimum absolute atomic E-state index is 0.00851. The molecule has 104 valence electrons. The zero-order valence-electron chi connectivity index (χ0n) is 12.1. The van der Waals surface area contributed by atoms with Crippen LogP contribution in [0.2, 0.25) is 0 Å². The van der Waals surface area contributed by atoms with E-state index in [-0.39, 0.29) is 23.7 Å². The lowest BCUT2D eigenvalue weighted by Gasteiger charge is -2.30. The van der Waals surface area contributed by atoms with Crippen molar-refractivity contribution in [2.45, 2.75) is 65.5 Å². The molecule has 0 aromatic rings. The zero-order valence-corrected chi connectivity index (χ0v) is 12.1. The molecule has 1 aliphatic carbocycles. The third-order valence-electron chi connectivity index (χ3n) is 3.10. The topological polar surface area (TPSA) is 55.4 Å². The van der Waals surface area contributed by atoms with Gasteiger partial charge in [-0.2, -0.15) is 0 Å². The molecule has 1 fully saturated rings. The van der Waals surface area contributed by atoms with E-state index in [1.807, 2.05) is 34.6 Å². The van der Waals surface area contributed by atoms with E-state index in [4.69, 9.17) is 4.74 Å². The van der Waals surface area contributed by atoms with Crippen LogP contribution >= 0.6 is 0 Å². The third-order valence-corrected chi connectivity index (χ3v) is 3.10. The van der Waals surface area contributed by atoms with E-state index >= 15 is 0 Å². The van der Waals surface area contributed by atoms with Crippen LogP contribution in [0, 0.1) is 11.8 Å². The average Bonchev–Trinajstić information content (AvgIpc) is 2.07. The largest absolute Gasteiger partial charge is 0.458 e. The van der Waals surface area contributed by atoms with Crippen LogP contribution in [-0.2, 0) is 14.3 Å². The molecule has 1 saturated carbocycles. The number of esters is 1. The summed E-state index contributed by atoms with van der Waals surface area (Å²) in [4.78, 5) is 23.9. The molecule has 1 N–H and O–H groups in total. The minimum atomic E-state index is -0.544. The number of carbonyl (C=O) groups is 2. The number of hydrogen-bond acceptors (Lipinski definition) is 3. The van der Waals surface area contributed by atoms with Crippen molar-refractivity contribution in [3.05, 3.63) is 0 Å². The Morgan fingerprint density at radius 2 is 1.78 bits per heavy atom. The molecule has 1 amide bonds. The summed E-state index contributed by atoms with van der Waals surface area (Å²) < 4.78 is 5.34. The fraction of sp³-hybridized carbons (Fsp3) is 0.857. The first-order valence-corrected chi connectivity index (χ1v) is 6.74. The van der Waals surface area contributed by atoms with Gasteiger partial charge < -0.3 is 10.1 Å². The molecular weight excluding hydrogens is 230 g/mol. The molecular formula is C14H25NO3. The summed E-state index contributed by atoms with van der Waals surface area (Å²) >= 11 is 0. The molecule has 4 nitrogen and oxygen atoms in total. The molecule has 0 aliphatic heterocycles. The van der Waals surface area contributed by atoms with Crippen molar-refractivity contribution in [2.75, 3.05) is 0 Å². The van der Waals surface area contributed by atoms with Crippen LogP contribution in [0.4, 0.5) is 0 Å². The summed E-state index contributed by atoms with van der Waals surface area (Å²) in [5, 5.41) is 2.83. The van der Waals surface area contributed by atoms with E-state index in [1.165, 1.54) is 0 Å². The maximum Gasteiger partial charge on any atom is 0.329 e. The van der Waals surface area contributed by atoms with Crippen molar-refractivity contribution < 1.29 is 14.3 Å². The van der Waals surface area contributed by atoms with E-state index in [2.05, 4.69) is 5.32 Å². The Bertz CT molecular complexity index is 313. The Balaban J connectivity index is 2.58. The fourth-order valence-corrected chi connectivity index (χ4v) is 1.80. The monoisotopic (exact) mass is 255 g/mol. The highest BCUT2D eigenvalue weighted by molar-refractivity contribution is 5.86. The van der Waals surface area contributed by atoms with Crippen molar-refractivity contribution >= 4 is 11.9 Å². The number of amides is 1. The van der Waals surface area contributed by atoms with E-state index < -0.39 is 11.6 Å². The molecule has 1 aliphatic rings. The van der Waals surface area contributed by atoms with Crippen molar-refractivity contribution in [1.29, 1.82) is 0 Å². The molecule has 1 atom stereocenters. The number of hydrogen-bond donors (Lipinski definition) is 1. The number of carbonyl (C=O) groups excluding carboxylic acids is 2. The Hall–Kier alpha value is -1.06. The first kappa shape index (κ1) is 15.0. The highest BCUT2D eigenvalue weighted by Gasteiger charge is 2.32. The van der Waals surface area contributed by atoms with Crippen LogP contribution in [0.3, 0.4) is 0 Å². The van der Waals surface area contributed by atoms with Crippen LogP contribution in [0.5, 0.6) is 0 Å². The molecule has 0 aromatic carbocycles. The Morgan fingerprint density at radius 1 is 1.22 bits per heavy atom. The zero-order chi connectivity index (χ0) is 13.9. The highest BCUT2D eigenvalue weighted by atomic mass is 16.6. The second-order valence-electron chi connectivity index (χ2n) is 6.39. The normalized spacial score (nSPS) is 18.1. The molecule has 18 heavy (non-hydrogen) atoms. The summed E-state index contributed by atoms with van der Waals surface area (Å²) in [6, 6.07) is -0.544. The summed E-state index contributed by atoms with van der Waals surface area (Å²) in [6.45, 7) is 9.31. The second-order valence-corrected chi connectivity index (χ2v) is 6.39. The molecule has 0 spiro atoms. The van der Waals surface area contributed by atoms with Gasteiger partial charge in [0, 0.05) is 5.92 Å². The van der Waals surface area contributed by atoms with Gasteiger partial charge in [-0.25, -0.2) is 4.79 Å². The average molecular weight is 255 g/mol. The van der Waals surface area contributed by atoms with Crippen molar-refractivity contribution in [3.8, 4) is 0 Å². The molecule has 0 aromatic heterocycles. The maximum absolute atomic E-state index is 12.0. The van der Waals surface area contributed by atoms with Gasteiger partial charge in [-0.15, -0.1) is 0 Å². The van der Waals surface area contributed by atoms with Crippen LogP contribution in [0.1, 0.15) is 53.9 Å². The summed E-state index contributed by atoms with van der Waals surface area (Å²) in [5.74, 6) is -0.228. The van der Waals surface area contributed by atoms with Crippen LogP contribution in [0.15, 0.2) is 0 Å². The van der Waals surface area contributed by atoms with Crippen LogP contribution < -0.4 is 5.32 Å². The third kappa shape index (κ3) is 4.31. The molecule has 0 bridgehead atoms. The number of ether oxygens (including phenoxy) is 1. The van der Waals surface area contributed by atoms with Gasteiger partial charge in [0.2, 0.25) is 5.91 Å². The smallest absolute Gasteiger partial charge is 0.329 e. The Labute approximate surface area is 109 Å². The lowest BCUT2D eigenvalue weighted by molar-refractivity contribution is -0.160. The Morgan fingerprint density at radius 3 is 2.11 bits per heavy atom. The van der Waals surface area contributed by atoms with Gasteiger partial charge >= 0.3 is 5.97 Å². The summed E-state index contributed by atoms with van der Waals surface area (Å²) in [6.07, 6.45) is 2.98.